The Kier molecular flexibility index (Phi) is 39.4. The van der Waals surface area contributed by atoms with Crippen molar-refractivity contribution in [1.82, 2.24) is 0 Å². The van der Waals surface area contributed by atoms with Gasteiger partial charge in [-0.15, -0.1) is 0 Å². The van der Waals surface area contributed by atoms with Gasteiger partial charge >= 0.3 is 17.9 Å². The van der Waals surface area contributed by atoms with Gasteiger partial charge in [-0.1, -0.05) is 214 Å². The van der Waals surface area contributed by atoms with E-state index in [9.17, 15) is 14.4 Å². The fourth-order valence-electron chi connectivity index (χ4n) is 6.80. The van der Waals surface area contributed by atoms with Gasteiger partial charge in [0.1, 0.15) is 13.2 Å². The van der Waals surface area contributed by atoms with Crippen LogP contribution in [-0.2, 0) is 28.6 Å². The van der Waals surface area contributed by atoms with Crippen molar-refractivity contribution in [3.8, 4) is 0 Å². The summed E-state index contributed by atoms with van der Waals surface area (Å²) >= 11 is 0. The molecule has 0 unspecified atom stereocenters. The zero-order valence-corrected chi connectivity index (χ0v) is 35.3. The predicted octanol–water partition coefficient (Wildman–Crippen LogP) is 14.3. The molecule has 0 N–H and O–H groups in total. The summed E-state index contributed by atoms with van der Waals surface area (Å²) < 4.78 is 16.7. The van der Waals surface area contributed by atoms with Crippen molar-refractivity contribution >= 4 is 17.9 Å². The van der Waals surface area contributed by atoms with Gasteiger partial charge in [0.2, 0.25) is 0 Å². The monoisotopic (exact) mass is 737 g/mol. The Labute approximate surface area is 323 Å². The first-order valence-electron chi connectivity index (χ1n) is 22.9. The van der Waals surface area contributed by atoms with Crippen LogP contribution in [0.1, 0.15) is 252 Å². The molecule has 0 heterocycles. The fraction of sp³-hybridized carbons (Fsp3) is 0.935. The third kappa shape index (κ3) is 39.6. The summed E-state index contributed by atoms with van der Waals surface area (Å²) in [5.74, 6) is -0.0519. The number of esters is 3. The molecule has 0 aliphatic carbocycles. The molecule has 1 atom stereocenters. The van der Waals surface area contributed by atoms with Crippen LogP contribution in [0.3, 0.4) is 0 Å². The first-order valence-corrected chi connectivity index (χ1v) is 22.9. The highest BCUT2D eigenvalue weighted by Crippen LogP contribution is 2.16. The van der Waals surface area contributed by atoms with E-state index in [1.54, 1.807) is 0 Å². The van der Waals surface area contributed by atoms with E-state index in [4.69, 9.17) is 14.2 Å². The van der Waals surface area contributed by atoms with Gasteiger partial charge in [0.05, 0.1) is 0 Å². The molecule has 6 nitrogen and oxygen atoms in total. The highest BCUT2D eigenvalue weighted by molar-refractivity contribution is 5.71. The largest absolute Gasteiger partial charge is 0.462 e. The highest BCUT2D eigenvalue weighted by Gasteiger charge is 2.19. The van der Waals surface area contributed by atoms with E-state index in [2.05, 4.69) is 27.7 Å². The lowest BCUT2D eigenvalue weighted by Gasteiger charge is -2.18. The summed E-state index contributed by atoms with van der Waals surface area (Å²) in [5, 5.41) is 0. The number of unbranched alkanes of at least 4 members (excludes halogenated alkanes) is 28. The van der Waals surface area contributed by atoms with Crippen LogP contribution in [0.15, 0.2) is 0 Å². The molecule has 0 radical (unpaired) electrons. The van der Waals surface area contributed by atoms with Crippen molar-refractivity contribution in [1.29, 1.82) is 0 Å². The molecule has 0 rings (SSSR count). The number of carbonyl (C=O) groups excluding carboxylic acids is 3. The molecule has 52 heavy (non-hydrogen) atoms. The van der Waals surface area contributed by atoms with Crippen LogP contribution < -0.4 is 0 Å². The van der Waals surface area contributed by atoms with Crippen LogP contribution in [0, 0.1) is 5.92 Å². The summed E-state index contributed by atoms with van der Waals surface area (Å²) in [6.07, 6.45) is 39.5. The Bertz CT molecular complexity index is 781. The summed E-state index contributed by atoms with van der Waals surface area (Å²) in [4.78, 5) is 37.6. The predicted molar refractivity (Wildman–Crippen MR) is 220 cm³/mol. The topological polar surface area (TPSA) is 78.9 Å². The maximum absolute atomic E-state index is 12.7. The van der Waals surface area contributed by atoms with E-state index >= 15 is 0 Å². The van der Waals surface area contributed by atoms with Crippen LogP contribution in [0.4, 0.5) is 0 Å². The number of rotatable bonds is 41. The van der Waals surface area contributed by atoms with Gasteiger partial charge in [-0.2, -0.15) is 0 Å². The van der Waals surface area contributed by atoms with Gasteiger partial charge in [0, 0.05) is 19.3 Å². The van der Waals surface area contributed by atoms with Crippen molar-refractivity contribution in [2.75, 3.05) is 13.2 Å². The van der Waals surface area contributed by atoms with Gasteiger partial charge < -0.3 is 14.2 Å². The lowest BCUT2D eigenvalue weighted by molar-refractivity contribution is -0.167. The molecule has 0 aromatic rings. The Morgan fingerprint density at radius 2 is 0.635 bits per heavy atom. The van der Waals surface area contributed by atoms with Gasteiger partial charge in [-0.3, -0.25) is 14.4 Å². The normalized spacial score (nSPS) is 11.9. The minimum atomic E-state index is -0.758. The second-order valence-electron chi connectivity index (χ2n) is 16.2. The van der Waals surface area contributed by atoms with E-state index in [0.29, 0.717) is 19.3 Å². The van der Waals surface area contributed by atoms with Crippen LogP contribution in [0.25, 0.3) is 0 Å². The molecular weight excluding hydrogens is 648 g/mol. The molecule has 0 fully saturated rings. The lowest BCUT2D eigenvalue weighted by Crippen LogP contribution is -2.30. The standard InChI is InChI=1S/C46H88O6/c1-5-7-9-11-13-14-15-16-17-18-19-22-27-31-35-39-46(49)52-43(40-50-44(47)37-33-29-24-12-10-8-6-2)41-51-45(48)38-34-30-26-23-20-21-25-28-32-36-42(3)4/h42-43H,5-41H2,1-4H3/t43-/m0/s1. The van der Waals surface area contributed by atoms with Crippen molar-refractivity contribution < 1.29 is 28.6 Å². The van der Waals surface area contributed by atoms with E-state index < -0.39 is 6.10 Å². The van der Waals surface area contributed by atoms with E-state index in [1.165, 1.54) is 148 Å². The van der Waals surface area contributed by atoms with E-state index in [0.717, 1.165) is 63.7 Å². The van der Waals surface area contributed by atoms with Gasteiger partial charge in [-0.05, 0) is 25.2 Å². The maximum atomic E-state index is 12.7. The smallest absolute Gasteiger partial charge is 0.306 e. The zero-order chi connectivity index (χ0) is 38.2. The van der Waals surface area contributed by atoms with Crippen LogP contribution in [-0.4, -0.2) is 37.2 Å². The average molecular weight is 737 g/mol. The molecule has 0 bridgehead atoms. The summed E-state index contributed by atoms with van der Waals surface area (Å²) in [7, 11) is 0. The number of hydrogen-bond acceptors (Lipinski definition) is 6. The van der Waals surface area contributed by atoms with Crippen LogP contribution in [0.2, 0.25) is 0 Å². The average Bonchev–Trinajstić information content (AvgIpc) is 3.12. The fourth-order valence-corrected chi connectivity index (χ4v) is 6.80. The second kappa shape index (κ2) is 40.6. The zero-order valence-electron chi connectivity index (χ0n) is 35.3. The molecule has 0 spiro atoms. The molecule has 0 aromatic carbocycles. The minimum Gasteiger partial charge on any atom is -0.462 e. The minimum absolute atomic E-state index is 0.0645. The number of ether oxygens (including phenoxy) is 3. The summed E-state index contributed by atoms with van der Waals surface area (Å²) in [5.41, 5.74) is 0. The number of hydrogen-bond donors (Lipinski definition) is 0. The molecule has 0 aromatic heterocycles. The first-order chi connectivity index (χ1) is 25.4. The molecule has 0 saturated heterocycles. The quantitative estimate of drug-likeness (QED) is 0.0353. The lowest BCUT2D eigenvalue weighted by atomic mass is 10.0. The van der Waals surface area contributed by atoms with Gasteiger partial charge in [0.25, 0.3) is 0 Å². The SMILES string of the molecule is CCCCCCCCCCCCCCCCCC(=O)O[C@@H](COC(=O)CCCCCCCCC)COC(=O)CCCCCCCCCCCC(C)C. The van der Waals surface area contributed by atoms with Crippen molar-refractivity contribution in [2.24, 2.45) is 5.92 Å². The van der Waals surface area contributed by atoms with Crippen molar-refractivity contribution in [2.45, 2.75) is 259 Å². The molecule has 0 aliphatic rings. The summed E-state index contributed by atoms with van der Waals surface area (Å²) in [6.45, 7) is 8.94. The van der Waals surface area contributed by atoms with Crippen molar-refractivity contribution in [3.63, 3.8) is 0 Å². The molecule has 0 amide bonds. The third-order valence-electron chi connectivity index (χ3n) is 10.3. The molecule has 0 aliphatic heterocycles. The van der Waals surface area contributed by atoms with Gasteiger partial charge in [0.15, 0.2) is 6.10 Å². The highest BCUT2D eigenvalue weighted by atomic mass is 16.6. The Balaban J connectivity index is 4.26. The maximum Gasteiger partial charge on any atom is 0.306 e. The van der Waals surface area contributed by atoms with Crippen LogP contribution in [0.5, 0.6) is 0 Å². The van der Waals surface area contributed by atoms with E-state index in [-0.39, 0.29) is 31.1 Å². The van der Waals surface area contributed by atoms with E-state index in [1.807, 2.05) is 0 Å². The molecular formula is C46H88O6. The third-order valence-corrected chi connectivity index (χ3v) is 10.3. The first kappa shape index (κ1) is 50.4. The molecule has 6 heteroatoms. The Morgan fingerprint density at radius 3 is 0.942 bits per heavy atom. The molecule has 308 valence electrons. The van der Waals surface area contributed by atoms with Gasteiger partial charge in [-0.25, -0.2) is 0 Å². The van der Waals surface area contributed by atoms with Crippen LogP contribution >= 0.6 is 0 Å². The Morgan fingerprint density at radius 1 is 0.365 bits per heavy atom. The molecule has 0 saturated carbocycles. The summed E-state index contributed by atoms with van der Waals surface area (Å²) in [6, 6.07) is 0. The second-order valence-corrected chi connectivity index (χ2v) is 16.2. The number of carbonyl (C=O) groups is 3. The Hall–Kier alpha value is -1.59. The van der Waals surface area contributed by atoms with Crippen molar-refractivity contribution in [3.05, 3.63) is 0 Å².